The first kappa shape index (κ1) is 27.5. The van der Waals surface area contributed by atoms with Crippen molar-refractivity contribution >= 4 is 16.9 Å². The van der Waals surface area contributed by atoms with E-state index in [4.69, 9.17) is 14.2 Å². The maximum Gasteiger partial charge on any atom is 0.407 e. The van der Waals surface area contributed by atoms with Gasteiger partial charge in [-0.25, -0.2) is 4.79 Å². The van der Waals surface area contributed by atoms with Gasteiger partial charge in [0, 0.05) is 24.4 Å². The van der Waals surface area contributed by atoms with Crippen LogP contribution in [-0.2, 0) is 22.7 Å². The molecule has 0 radical (unpaired) electrons. The molecule has 40 heavy (non-hydrogen) atoms. The zero-order chi connectivity index (χ0) is 27.7. The van der Waals surface area contributed by atoms with Crippen molar-refractivity contribution in [2.45, 2.75) is 38.1 Å². The number of phenolic OH excluding ortho intramolecular Hbond substituents is 1. The Labute approximate surface area is 234 Å². The first-order chi connectivity index (χ1) is 19.6. The first-order valence-electron chi connectivity index (χ1n) is 13.7. The quantitative estimate of drug-likeness (QED) is 0.209. The van der Waals surface area contributed by atoms with Crippen LogP contribution in [0.15, 0.2) is 91.0 Å². The van der Waals surface area contributed by atoms with Gasteiger partial charge in [0.2, 0.25) is 0 Å². The van der Waals surface area contributed by atoms with Gasteiger partial charge >= 0.3 is 6.09 Å². The zero-order valence-electron chi connectivity index (χ0n) is 22.4. The molecule has 2 N–H and O–H groups in total. The fourth-order valence-electron chi connectivity index (χ4n) is 5.15. The van der Waals surface area contributed by atoms with E-state index in [0.717, 1.165) is 34.2 Å². The van der Waals surface area contributed by atoms with Crippen LogP contribution >= 0.6 is 0 Å². The number of carbonyl (C=O) groups is 1. The minimum Gasteiger partial charge on any atom is -0.508 e. The van der Waals surface area contributed by atoms with Gasteiger partial charge in [0.05, 0.1) is 39.1 Å². The van der Waals surface area contributed by atoms with Crippen LogP contribution in [0.4, 0.5) is 4.79 Å². The number of nitrogens with zero attached hydrogens (tertiary/aromatic N) is 1. The lowest BCUT2D eigenvalue weighted by Gasteiger charge is -2.37. The molecule has 0 aromatic heterocycles. The topological polar surface area (TPSA) is 88.5 Å². The molecule has 7 nitrogen and oxygen atoms in total. The third-order valence-electron chi connectivity index (χ3n) is 7.37. The van der Waals surface area contributed by atoms with Crippen molar-refractivity contribution in [3.8, 4) is 11.5 Å². The van der Waals surface area contributed by atoms with Crippen LogP contribution in [0, 0.1) is 0 Å². The van der Waals surface area contributed by atoms with Crippen LogP contribution in [-0.4, -0.2) is 53.6 Å². The van der Waals surface area contributed by atoms with Gasteiger partial charge in [0.25, 0.3) is 0 Å². The van der Waals surface area contributed by atoms with Crippen LogP contribution in [0.25, 0.3) is 10.8 Å². The summed E-state index contributed by atoms with van der Waals surface area (Å²) in [4.78, 5) is 13.1. The number of para-hydroxylation sites is 1. The number of piperidine rings is 1. The minimum atomic E-state index is -0.911. The predicted molar refractivity (Wildman–Crippen MR) is 154 cm³/mol. The van der Waals surface area contributed by atoms with Crippen molar-refractivity contribution in [2.75, 3.05) is 26.3 Å². The molecule has 0 spiro atoms. The van der Waals surface area contributed by atoms with Crippen molar-refractivity contribution in [1.82, 2.24) is 4.90 Å². The molecule has 208 valence electrons. The van der Waals surface area contributed by atoms with Crippen molar-refractivity contribution in [1.29, 1.82) is 0 Å². The Kier molecular flexibility index (Phi) is 9.16. The standard InChI is InChI=1S/C33H35NO6/c35-31-9-4-3-8-28(31)23-38-18-5-19-39-29-14-12-26(13-15-29)30-16-17-34(33(36)37)21-32(30)40-22-24-10-11-25-6-1-2-7-27(25)20-24/h1-4,6-15,20,30,32,35H,5,16-19,21-23H2,(H,36,37). The van der Waals surface area contributed by atoms with E-state index >= 15 is 0 Å². The zero-order valence-corrected chi connectivity index (χ0v) is 22.4. The Morgan fingerprint density at radius 2 is 1.65 bits per heavy atom. The molecule has 0 aliphatic carbocycles. The number of amides is 1. The van der Waals surface area contributed by atoms with Gasteiger partial charge < -0.3 is 29.3 Å². The summed E-state index contributed by atoms with van der Waals surface area (Å²) >= 11 is 0. The molecule has 1 aliphatic rings. The van der Waals surface area contributed by atoms with Crippen LogP contribution in [0.2, 0.25) is 0 Å². The van der Waals surface area contributed by atoms with Crippen molar-refractivity contribution in [3.63, 3.8) is 0 Å². The smallest absolute Gasteiger partial charge is 0.407 e. The highest BCUT2D eigenvalue weighted by molar-refractivity contribution is 5.82. The normalized spacial score (nSPS) is 17.1. The van der Waals surface area contributed by atoms with Crippen molar-refractivity contribution < 1.29 is 29.2 Å². The van der Waals surface area contributed by atoms with Crippen LogP contribution in [0.3, 0.4) is 0 Å². The lowest BCUT2D eigenvalue weighted by Crippen LogP contribution is -2.46. The summed E-state index contributed by atoms with van der Waals surface area (Å²) in [5.41, 5.74) is 2.96. The van der Waals surface area contributed by atoms with E-state index < -0.39 is 6.09 Å². The van der Waals surface area contributed by atoms with Gasteiger partial charge in [-0.3, -0.25) is 0 Å². The number of hydrogen-bond acceptors (Lipinski definition) is 5. The second kappa shape index (κ2) is 13.3. The highest BCUT2D eigenvalue weighted by Crippen LogP contribution is 2.32. The number of carboxylic acid groups (broad SMARTS) is 1. The fourth-order valence-corrected chi connectivity index (χ4v) is 5.15. The fraction of sp³-hybridized carbons (Fsp3) is 0.303. The van der Waals surface area contributed by atoms with Crippen molar-refractivity contribution in [3.05, 3.63) is 108 Å². The Hall–Kier alpha value is -4.07. The number of hydrogen-bond donors (Lipinski definition) is 2. The maximum absolute atomic E-state index is 11.7. The third-order valence-corrected chi connectivity index (χ3v) is 7.37. The van der Waals surface area contributed by atoms with E-state index in [9.17, 15) is 15.0 Å². The van der Waals surface area contributed by atoms with Gasteiger partial charge in [-0.1, -0.05) is 66.7 Å². The molecular weight excluding hydrogens is 506 g/mol. The number of benzene rings is 4. The predicted octanol–water partition coefficient (Wildman–Crippen LogP) is 6.58. The number of phenols is 1. The Morgan fingerprint density at radius 3 is 2.45 bits per heavy atom. The molecule has 7 heteroatoms. The number of aromatic hydroxyl groups is 1. The van der Waals surface area contributed by atoms with Gasteiger partial charge in [0.15, 0.2) is 0 Å². The SMILES string of the molecule is O=C(O)N1CCC(c2ccc(OCCCOCc3ccccc3O)cc2)C(OCc2ccc3ccccc3c2)C1. The summed E-state index contributed by atoms with van der Waals surface area (Å²) < 4.78 is 17.9. The maximum atomic E-state index is 11.7. The lowest BCUT2D eigenvalue weighted by molar-refractivity contribution is -0.0199. The molecule has 0 bridgehead atoms. The Morgan fingerprint density at radius 1 is 0.875 bits per heavy atom. The Bertz CT molecular complexity index is 1410. The van der Waals surface area contributed by atoms with Gasteiger partial charge in [0.1, 0.15) is 11.5 Å². The third kappa shape index (κ3) is 7.11. The van der Waals surface area contributed by atoms with Gasteiger partial charge in [-0.05, 0) is 52.6 Å². The number of ether oxygens (including phenoxy) is 3. The highest BCUT2D eigenvalue weighted by atomic mass is 16.5. The summed E-state index contributed by atoms with van der Waals surface area (Å²) in [6, 6.07) is 29.7. The second-order valence-corrected chi connectivity index (χ2v) is 10.1. The Balaban J connectivity index is 1.14. The molecule has 4 aromatic carbocycles. The highest BCUT2D eigenvalue weighted by Gasteiger charge is 2.33. The average molecular weight is 542 g/mol. The van der Waals surface area contributed by atoms with E-state index in [1.54, 1.807) is 12.1 Å². The summed E-state index contributed by atoms with van der Waals surface area (Å²) in [5, 5.41) is 21.7. The minimum absolute atomic E-state index is 0.0907. The van der Waals surface area contributed by atoms with E-state index in [1.165, 1.54) is 10.3 Å². The molecule has 0 saturated carbocycles. The molecule has 1 aliphatic heterocycles. The summed E-state index contributed by atoms with van der Waals surface area (Å²) in [7, 11) is 0. The molecule has 2 unspecified atom stereocenters. The molecule has 1 saturated heterocycles. The summed E-state index contributed by atoms with van der Waals surface area (Å²) in [6.07, 6.45) is 0.270. The van der Waals surface area contributed by atoms with Crippen LogP contribution in [0.1, 0.15) is 35.4 Å². The van der Waals surface area contributed by atoms with Crippen LogP contribution in [0.5, 0.6) is 11.5 Å². The average Bonchev–Trinajstić information content (AvgIpc) is 2.98. The van der Waals surface area contributed by atoms with E-state index in [1.807, 2.05) is 36.4 Å². The van der Waals surface area contributed by atoms with Gasteiger partial charge in [-0.2, -0.15) is 0 Å². The van der Waals surface area contributed by atoms with Crippen LogP contribution < -0.4 is 4.74 Å². The second-order valence-electron chi connectivity index (χ2n) is 10.1. The molecule has 2 atom stereocenters. The molecule has 1 amide bonds. The molecule has 4 aromatic rings. The lowest BCUT2D eigenvalue weighted by atomic mass is 9.87. The number of likely N-dealkylation sites (tertiary alicyclic amines) is 1. The number of fused-ring (bicyclic) bond motifs is 1. The largest absolute Gasteiger partial charge is 0.508 e. The summed E-state index contributed by atoms with van der Waals surface area (Å²) in [6.45, 7) is 2.67. The van der Waals surface area contributed by atoms with E-state index in [-0.39, 0.29) is 17.8 Å². The monoisotopic (exact) mass is 541 g/mol. The molecule has 1 fully saturated rings. The van der Waals surface area contributed by atoms with E-state index in [0.29, 0.717) is 45.9 Å². The summed E-state index contributed by atoms with van der Waals surface area (Å²) in [5.74, 6) is 1.11. The van der Waals surface area contributed by atoms with Gasteiger partial charge in [-0.15, -0.1) is 0 Å². The first-order valence-corrected chi connectivity index (χ1v) is 13.7. The van der Waals surface area contributed by atoms with Crippen molar-refractivity contribution in [2.24, 2.45) is 0 Å². The molecule has 5 rings (SSSR count). The molecule has 1 heterocycles. The molecular formula is C33H35NO6. The van der Waals surface area contributed by atoms with E-state index in [2.05, 4.69) is 42.5 Å². The number of rotatable bonds is 11.